The molecule has 1 aromatic heterocycles. The smallest absolute Gasteiger partial charge is 0.388 e. The van der Waals surface area contributed by atoms with Crippen LogP contribution in [0.3, 0.4) is 0 Å². The van der Waals surface area contributed by atoms with Crippen LogP contribution in [0.25, 0.3) is 11.5 Å². The number of nitrogens with one attached hydrogen (secondary N) is 1. The van der Waals surface area contributed by atoms with Gasteiger partial charge in [0.15, 0.2) is 0 Å². The molecule has 0 aliphatic rings. The monoisotopic (exact) mass is 359 g/mol. The lowest BCUT2D eigenvalue weighted by Crippen LogP contribution is -2.33. The van der Waals surface area contributed by atoms with Crippen molar-refractivity contribution in [1.82, 2.24) is 15.1 Å². The van der Waals surface area contributed by atoms with E-state index in [2.05, 4.69) is 10.4 Å². The minimum absolute atomic E-state index is 0.00520. The van der Waals surface area contributed by atoms with Crippen LogP contribution in [0.5, 0.6) is 0 Å². The van der Waals surface area contributed by atoms with E-state index < -0.39 is 17.5 Å². The quantitative estimate of drug-likeness (QED) is 0.760. The number of aromatic nitrogens is 2. The van der Waals surface area contributed by atoms with Gasteiger partial charge in [0.1, 0.15) is 18.2 Å². The summed E-state index contributed by atoms with van der Waals surface area (Å²) in [7, 11) is 0. The molecular formula is C18H15F2N3O3. The molecule has 1 amide bonds. The lowest BCUT2D eigenvalue weighted by molar-refractivity contribution is -0.122. The fourth-order valence-electron chi connectivity index (χ4n) is 2.37. The Balaban J connectivity index is 1.68. The van der Waals surface area contributed by atoms with Crippen LogP contribution >= 0.6 is 0 Å². The second kappa shape index (κ2) is 7.30. The molecule has 0 saturated carbocycles. The standard InChI is InChI=1S/C18H15F2N3O3/c1-11(12-2-6-14(19)7-3-12)21-16(24)10-23-18(25)26-17(22-23)13-4-8-15(20)9-5-13/h2-9,11H,10H2,1H3,(H,21,24)/t11-/m0/s1. The summed E-state index contributed by atoms with van der Waals surface area (Å²) in [5, 5.41) is 6.64. The summed E-state index contributed by atoms with van der Waals surface area (Å²) < 4.78 is 31.8. The SMILES string of the molecule is C[C@H](NC(=O)Cn1nc(-c2ccc(F)cc2)oc1=O)c1ccc(F)cc1. The number of carbonyl (C=O) groups excluding carboxylic acids is 1. The fourth-order valence-corrected chi connectivity index (χ4v) is 2.37. The molecule has 1 N–H and O–H groups in total. The zero-order valence-electron chi connectivity index (χ0n) is 13.8. The van der Waals surface area contributed by atoms with Gasteiger partial charge in [-0.05, 0) is 48.9 Å². The van der Waals surface area contributed by atoms with Gasteiger partial charge in [-0.2, -0.15) is 4.68 Å². The molecule has 8 heteroatoms. The number of carbonyl (C=O) groups is 1. The summed E-state index contributed by atoms with van der Waals surface area (Å²) in [5.74, 6) is -2.05. The summed E-state index contributed by atoms with van der Waals surface area (Å²) in [5.41, 5.74) is 1.14. The Bertz CT molecular complexity index is 963. The third kappa shape index (κ3) is 4.02. The Labute approximate surface area is 147 Å². The summed E-state index contributed by atoms with van der Waals surface area (Å²) in [6.45, 7) is 1.40. The summed E-state index contributed by atoms with van der Waals surface area (Å²) >= 11 is 0. The summed E-state index contributed by atoms with van der Waals surface area (Å²) in [6, 6.07) is 10.6. The van der Waals surface area contributed by atoms with Crippen molar-refractivity contribution < 1.29 is 18.0 Å². The van der Waals surface area contributed by atoms with Crippen LogP contribution in [0, 0.1) is 11.6 Å². The molecule has 3 aromatic rings. The van der Waals surface area contributed by atoms with E-state index in [4.69, 9.17) is 4.42 Å². The van der Waals surface area contributed by atoms with Crippen LogP contribution in [0.2, 0.25) is 0 Å². The maximum Gasteiger partial charge on any atom is 0.437 e. The van der Waals surface area contributed by atoms with Crippen molar-refractivity contribution in [3.05, 3.63) is 76.3 Å². The lowest BCUT2D eigenvalue weighted by atomic mass is 10.1. The first kappa shape index (κ1) is 17.5. The summed E-state index contributed by atoms with van der Waals surface area (Å²) in [6.07, 6.45) is 0. The van der Waals surface area contributed by atoms with Crippen molar-refractivity contribution in [3.63, 3.8) is 0 Å². The largest absolute Gasteiger partial charge is 0.437 e. The van der Waals surface area contributed by atoms with Crippen LogP contribution in [0.1, 0.15) is 18.5 Å². The van der Waals surface area contributed by atoms with Crippen LogP contribution < -0.4 is 11.1 Å². The highest BCUT2D eigenvalue weighted by atomic mass is 19.1. The minimum atomic E-state index is -0.797. The zero-order valence-corrected chi connectivity index (χ0v) is 13.8. The normalized spacial score (nSPS) is 12.0. The van der Waals surface area contributed by atoms with Crippen LogP contribution in [-0.2, 0) is 11.3 Å². The number of rotatable bonds is 5. The van der Waals surface area contributed by atoms with Gasteiger partial charge >= 0.3 is 5.76 Å². The second-order valence-corrected chi connectivity index (χ2v) is 5.68. The average Bonchev–Trinajstić information content (AvgIpc) is 2.96. The number of halogens is 2. The first-order valence-corrected chi connectivity index (χ1v) is 7.81. The van der Waals surface area contributed by atoms with Crippen molar-refractivity contribution in [1.29, 1.82) is 0 Å². The third-order valence-electron chi connectivity index (χ3n) is 3.74. The highest BCUT2D eigenvalue weighted by molar-refractivity contribution is 5.76. The van der Waals surface area contributed by atoms with Gasteiger partial charge in [0, 0.05) is 5.56 Å². The molecule has 0 fully saturated rings. The van der Waals surface area contributed by atoms with Gasteiger partial charge in [-0.1, -0.05) is 12.1 Å². The molecule has 0 aliphatic heterocycles. The molecule has 3 rings (SSSR count). The Kier molecular flexibility index (Phi) is 4.92. The Hall–Kier alpha value is -3.29. The number of hydrogen-bond donors (Lipinski definition) is 1. The molecular weight excluding hydrogens is 344 g/mol. The Morgan fingerprint density at radius 3 is 2.31 bits per heavy atom. The van der Waals surface area contributed by atoms with Gasteiger partial charge < -0.3 is 9.73 Å². The Morgan fingerprint density at radius 2 is 1.69 bits per heavy atom. The molecule has 1 heterocycles. The third-order valence-corrected chi connectivity index (χ3v) is 3.74. The molecule has 1 atom stereocenters. The lowest BCUT2D eigenvalue weighted by Gasteiger charge is -2.13. The fraction of sp³-hybridized carbons (Fsp3) is 0.167. The van der Waals surface area contributed by atoms with Crippen LogP contribution in [-0.4, -0.2) is 15.7 Å². The van der Waals surface area contributed by atoms with Crippen molar-refractivity contribution in [2.24, 2.45) is 0 Å². The number of benzene rings is 2. The molecule has 0 bridgehead atoms. The zero-order chi connectivity index (χ0) is 18.7. The van der Waals surface area contributed by atoms with Crippen molar-refractivity contribution in [2.75, 3.05) is 0 Å². The van der Waals surface area contributed by atoms with E-state index in [1.807, 2.05) is 0 Å². The predicted octanol–water partition coefficient (Wildman–Crippen LogP) is 2.66. The maximum absolute atomic E-state index is 13.0. The first-order chi connectivity index (χ1) is 12.4. The average molecular weight is 359 g/mol. The number of hydrogen-bond acceptors (Lipinski definition) is 4. The number of nitrogens with zero attached hydrogens (tertiary/aromatic N) is 2. The van der Waals surface area contributed by atoms with E-state index in [-0.39, 0.29) is 24.3 Å². The molecule has 0 saturated heterocycles. The second-order valence-electron chi connectivity index (χ2n) is 5.68. The maximum atomic E-state index is 13.0. The highest BCUT2D eigenvalue weighted by Gasteiger charge is 2.15. The molecule has 134 valence electrons. The number of amides is 1. The van der Waals surface area contributed by atoms with E-state index in [0.717, 1.165) is 10.2 Å². The van der Waals surface area contributed by atoms with E-state index in [9.17, 15) is 18.4 Å². The topological polar surface area (TPSA) is 77.1 Å². The van der Waals surface area contributed by atoms with E-state index in [1.54, 1.807) is 19.1 Å². The molecule has 6 nitrogen and oxygen atoms in total. The van der Waals surface area contributed by atoms with Gasteiger partial charge in [0.25, 0.3) is 0 Å². The molecule has 2 aromatic carbocycles. The molecule has 0 aliphatic carbocycles. The highest BCUT2D eigenvalue weighted by Crippen LogP contribution is 2.16. The van der Waals surface area contributed by atoms with E-state index in [1.165, 1.54) is 36.4 Å². The molecule has 0 spiro atoms. The Morgan fingerprint density at radius 1 is 1.12 bits per heavy atom. The van der Waals surface area contributed by atoms with Gasteiger partial charge in [-0.15, -0.1) is 5.10 Å². The van der Waals surface area contributed by atoms with Gasteiger partial charge in [0.2, 0.25) is 11.8 Å². The van der Waals surface area contributed by atoms with Gasteiger partial charge in [0.05, 0.1) is 6.04 Å². The predicted molar refractivity (Wildman–Crippen MR) is 89.1 cm³/mol. The van der Waals surface area contributed by atoms with Gasteiger partial charge in [-0.25, -0.2) is 13.6 Å². The first-order valence-electron chi connectivity index (χ1n) is 7.81. The van der Waals surface area contributed by atoms with Crippen LogP contribution in [0.4, 0.5) is 8.78 Å². The van der Waals surface area contributed by atoms with E-state index in [0.29, 0.717) is 5.56 Å². The van der Waals surface area contributed by atoms with Crippen LogP contribution in [0.15, 0.2) is 57.7 Å². The van der Waals surface area contributed by atoms with Gasteiger partial charge in [-0.3, -0.25) is 4.79 Å². The minimum Gasteiger partial charge on any atom is -0.388 e. The molecule has 0 radical (unpaired) electrons. The van der Waals surface area contributed by atoms with Crippen molar-refractivity contribution in [2.45, 2.75) is 19.5 Å². The van der Waals surface area contributed by atoms with E-state index >= 15 is 0 Å². The van der Waals surface area contributed by atoms with Crippen molar-refractivity contribution in [3.8, 4) is 11.5 Å². The molecule has 0 unspecified atom stereocenters. The van der Waals surface area contributed by atoms with Crippen molar-refractivity contribution >= 4 is 5.91 Å². The molecule has 26 heavy (non-hydrogen) atoms. The summed E-state index contributed by atoms with van der Waals surface area (Å²) in [4.78, 5) is 24.0.